The SMILES string of the molecule is C[C@@H]1CCCC[C@@H]1N1CCN(C[C@@H]2C[C@@H]3C=C[C@@H]2C3)CC1. The summed E-state index contributed by atoms with van der Waals surface area (Å²) < 4.78 is 0. The summed E-state index contributed by atoms with van der Waals surface area (Å²) in [6.45, 7) is 9.15. The predicted octanol–water partition coefficient (Wildman–Crippen LogP) is 3.39. The Kier molecular flexibility index (Phi) is 4.10. The van der Waals surface area contributed by atoms with Crippen molar-refractivity contribution in [3.05, 3.63) is 12.2 Å². The van der Waals surface area contributed by atoms with Gasteiger partial charge in [0, 0.05) is 38.8 Å². The fourth-order valence-electron chi connectivity index (χ4n) is 5.55. The van der Waals surface area contributed by atoms with Crippen LogP contribution >= 0.6 is 0 Å². The standard InChI is InChI=1S/C19H32N2/c1-15-4-2-3-5-19(15)21-10-8-20(9-11-21)14-18-13-16-6-7-17(18)12-16/h6-7,15-19H,2-5,8-14H2,1H3/t15-,16-,17-,18+,19+/m1/s1. The maximum absolute atomic E-state index is 2.82. The van der Waals surface area contributed by atoms with Gasteiger partial charge in [0.15, 0.2) is 0 Å². The third-order valence-electron chi connectivity index (χ3n) is 6.85. The molecule has 2 bridgehead atoms. The molecule has 2 heteroatoms. The highest BCUT2D eigenvalue weighted by atomic mass is 15.3. The van der Waals surface area contributed by atoms with Crippen LogP contribution in [0.2, 0.25) is 0 Å². The van der Waals surface area contributed by atoms with Gasteiger partial charge in [-0.25, -0.2) is 0 Å². The Labute approximate surface area is 130 Å². The quantitative estimate of drug-likeness (QED) is 0.735. The summed E-state index contributed by atoms with van der Waals surface area (Å²) in [5.74, 6) is 3.76. The molecule has 0 N–H and O–H groups in total. The summed E-state index contributed by atoms with van der Waals surface area (Å²) >= 11 is 0. The lowest BCUT2D eigenvalue weighted by Crippen LogP contribution is -2.53. The molecule has 3 aliphatic carbocycles. The molecule has 4 rings (SSSR count). The molecule has 0 aromatic carbocycles. The normalized spacial score (nSPS) is 44.5. The Morgan fingerprint density at radius 3 is 2.43 bits per heavy atom. The van der Waals surface area contributed by atoms with Crippen LogP contribution in [-0.2, 0) is 0 Å². The van der Waals surface area contributed by atoms with Gasteiger partial charge >= 0.3 is 0 Å². The van der Waals surface area contributed by atoms with E-state index in [-0.39, 0.29) is 0 Å². The number of fused-ring (bicyclic) bond motifs is 2. The number of rotatable bonds is 3. The summed E-state index contributed by atoms with van der Waals surface area (Å²) in [4.78, 5) is 5.59. The maximum Gasteiger partial charge on any atom is 0.0122 e. The smallest absolute Gasteiger partial charge is 0.0122 e. The molecular weight excluding hydrogens is 256 g/mol. The third kappa shape index (κ3) is 2.94. The van der Waals surface area contributed by atoms with Crippen molar-refractivity contribution < 1.29 is 0 Å². The Morgan fingerprint density at radius 2 is 1.76 bits per heavy atom. The van der Waals surface area contributed by atoms with Crippen molar-refractivity contribution in [3.63, 3.8) is 0 Å². The number of allylic oxidation sites excluding steroid dienone is 2. The molecule has 0 unspecified atom stereocenters. The Hall–Kier alpha value is -0.340. The summed E-state index contributed by atoms with van der Waals surface area (Å²) in [5, 5.41) is 0. The van der Waals surface area contributed by atoms with Gasteiger partial charge in [0.2, 0.25) is 0 Å². The molecule has 0 spiro atoms. The van der Waals surface area contributed by atoms with Gasteiger partial charge in [0.1, 0.15) is 0 Å². The fraction of sp³-hybridized carbons (Fsp3) is 0.895. The summed E-state index contributed by atoms with van der Waals surface area (Å²) in [6.07, 6.45) is 13.8. The zero-order valence-electron chi connectivity index (χ0n) is 13.7. The van der Waals surface area contributed by atoms with Crippen LogP contribution in [0.3, 0.4) is 0 Å². The maximum atomic E-state index is 2.82. The van der Waals surface area contributed by atoms with E-state index in [1.54, 1.807) is 0 Å². The molecule has 2 saturated carbocycles. The van der Waals surface area contributed by atoms with Gasteiger partial charge in [0.05, 0.1) is 0 Å². The fourth-order valence-corrected chi connectivity index (χ4v) is 5.55. The highest BCUT2D eigenvalue weighted by molar-refractivity contribution is 5.10. The molecule has 1 heterocycles. The molecule has 1 saturated heterocycles. The topological polar surface area (TPSA) is 6.48 Å². The van der Waals surface area contributed by atoms with E-state index in [4.69, 9.17) is 0 Å². The molecule has 0 aromatic rings. The number of nitrogens with zero attached hydrogens (tertiary/aromatic N) is 2. The van der Waals surface area contributed by atoms with Crippen LogP contribution in [0, 0.1) is 23.7 Å². The number of hydrogen-bond acceptors (Lipinski definition) is 2. The predicted molar refractivity (Wildman–Crippen MR) is 88.3 cm³/mol. The van der Waals surface area contributed by atoms with Gasteiger partial charge in [-0.3, -0.25) is 4.90 Å². The minimum absolute atomic E-state index is 0.895. The molecule has 21 heavy (non-hydrogen) atoms. The van der Waals surface area contributed by atoms with Gasteiger partial charge in [-0.2, -0.15) is 0 Å². The van der Waals surface area contributed by atoms with E-state index in [9.17, 15) is 0 Å². The van der Waals surface area contributed by atoms with Crippen LogP contribution in [-0.4, -0.2) is 48.6 Å². The van der Waals surface area contributed by atoms with Crippen LogP contribution in [0.5, 0.6) is 0 Å². The highest BCUT2D eigenvalue weighted by Gasteiger charge is 2.37. The van der Waals surface area contributed by atoms with Crippen LogP contribution in [0.1, 0.15) is 45.4 Å². The average Bonchev–Trinajstić information content (AvgIpc) is 3.11. The third-order valence-corrected chi connectivity index (χ3v) is 6.85. The van der Waals surface area contributed by atoms with Crippen molar-refractivity contribution in [3.8, 4) is 0 Å². The molecule has 0 amide bonds. The van der Waals surface area contributed by atoms with E-state index < -0.39 is 0 Å². The van der Waals surface area contributed by atoms with E-state index in [0.717, 1.165) is 29.7 Å². The lowest BCUT2D eigenvalue weighted by molar-refractivity contribution is 0.0471. The monoisotopic (exact) mass is 288 g/mol. The molecule has 2 nitrogen and oxygen atoms in total. The lowest BCUT2D eigenvalue weighted by atomic mass is 9.84. The zero-order valence-corrected chi connectivity index (χ0v) is 13.7. The molecule has 4 aliphatic rings. The molecule has 1 aliphatic heterocycles. The average molecular weight is 288 g/mol. The minimum atomic E-state index is 0.895. The molecule has 118 valence electrons. The van der Waals surface area contributed by atoms with Crippen LogP contribution in [0.4, 0.5) is 0 Å². The van der Waals surface area contributed by atoms with Gasteiger partial charge in [-0.05, 0) is 49.4 Å². The minimum Gasteiger partial charge on any atom is -0.300 e. The first-order valence-corrected chi connectivity index (χ1v) is 9.44. The van der Waals surface area contributed by atoms with Crippen molar-refractivity contribution >= 4 is 0 Å². The Morgan fingerprint density at radius 1 is 0.952 bits per heavy atom. The first-order chi connectivity index (χ1) is 10.3. The lowest BCUT2D eigenvalue weighted by Gasteiger charge is -2.44. The van der Waals surface area contributed by atoms with E-state index in [1.807, 2.05) is 0 Å². The number of piperazine rings is 1. The van der Waals surface area contributed by atoms with E-state index in [2.05, 4.69) is 28.9 Å². The van der Waals surface area contributed by atoms with Crippen molar-refractivity contribution in [1.29, 1.82) is 0 Å². The number of hydrogen-bond donors (Lipinski definition) is 0. The zero-order chi connectivity index (χ0) is 14.2. The van der Waals surface area contributed by atoms with E-state index in [0.29, 0.717) is 0 Å². The van der Waals surface area contributed by atoms with Crippen molar-refractivity contribution in [2.75, 3.05) is 32.7 Å². The largest absolute Gasteiger partial charge is 0.300 e. The molecule has 0 aromatic heterocycles. The van der Waals surface area contributed by atoms with Crippen molar-refractivity contribution in [2.45, 2.75) is 51.5 Å². The van der Waals surface area contributed by atoms with E-state index >= 15 is 0 Å². The van der Waals surface area contributed by atoms with Crippen molar-refractivity contribution in [1.82, 2.24) is 9.80 Å². The second-order valence-electron chi connectivity index (χ2n) is 8.21. The molecule has 0 radical (unpaired) electrons. The van der Waals surface area contributed by atoms with Gasteiger partial charge in [-0.1, -0.05) is 31.9 Å². The first-order valence-electron chi connectivity index (χ1n) is 9.44. The molecule has 3 fully saturated rings. The molecule has 5 atom stereocenters. The van der Waals surface area contributed by atoms with Crippen LogP contribution in [0.25, 0.3) is 0 Å². The second-order valence-corrected chi connectivity index (χ2v) is 8.21. The molecular formula is C19H32N2. The Bertz CT molecular complexity index is 383. The van der Waals surface area contributed by atoms with Gasteiger partial charge in [-0.15, -0.1) is 0 Å². The highest BCUT2D eigenvalue weighted by Crippen LogP contribution is 2.43. The second kappa shape index (κ2) is 6.04. The first kappa shape index (κ1) is 14.3. The Balaban J connectivity index is 1.26. The van der Waals surface area contributed by atoms with Crippen LogP contribution < -0.4 is 0 Å². The van der Waals surface area contributed by atoms with Crippen LogP contribution in [0.15, 0.2) is 12.2 Å². The van der Waals surface area contributed by atoms with Crippen molar-refractivity contribution in [2.24, 2.45) is 23.7 Å². The van der Waals surface area contributed by atoms with Gasteiger partial charge < -0.3 is 4.90 Å². The summed E-state index contributed by atoms with van der Waals surface area (Å²) in [7, 11) is 0. The van der Waals surface area contributed by atoms with Gasteiger partial charge in [0.25, 0.3) is 0 Å². The summed E-state index contributed by atoms with van der Waals surface area (Å²) in [5.41, 5.74) is 0. The summed E-state index contributed by atoms with van der Waals surface area (Å²) in [6, 6.07) is 0.895. The van der Waals surface area contributed by atoms with E-state index in [1.165, 1.54) is 71.2 Å².